The monoisotopic (exact) mass is 356 g/mol. The lowest BCUT2D eigenvalue weighted by molar-refractivity contribution is -0.137. The highest BCUT2D eigenvalue weighted by molar-refractivity contribution is 5.90. The van der Waals surface area contributed by atoms with E-state index in [1.807, 2.05) is 6.92 Å². The van der Waals surface area contributed by atoms with Gasteiger partial charge in [-0.15, -0.1) is 0 Å². The first-order chi connectivity index (χ1) is 11.8. The molecule has 138 valence electrons. The van der Waals surface area contributed by atoms with Crippen LogP contribution in [0.3, 0.4) is 0 Å². The van der Waals surface area contributed by atoms with Gasteiger partial charge >= 0.3 is 12.2 Å². The third-order valence-electron chi connectivity index (χ3n) is 4.92. The minimum atomic E-state index is -4.44. The van der Waals surface area contributed by atoms with Gasteiger partial charge in [-0.3, -0.25) is 4.90 Å². The topological polar surface area (TPSA) is 41.6 Å². The van der Waals surface area contributed by atoms with E-state index in [2.05, 4.69) is 5.32 Å². The molecule has 1 atom stereocenters. The van der Waals surface area contributed by atoms with Gasteiger partial charge in [-0.2, -0.15) is 13.2 Å². The Kier molecular flexibility index (Phi) is 4.95. The Morgan fingerprint density at radius 2 is 1.92 bits per heavy atom. The Morgan fingerprint density at radius 3 is 2.56 bits per heavy atom. The summed E-state index contributed by atoms with van der Waals surface area (Å²) in [5, 5.41) is 2.62. The number of benzene rings is 1. The van der Waals surface area contributed by atoms with Gasteiger partial charge in [0.25, 0.3) is 0 Å². The van der Waals surface area contributed by atoms with Gasteiger partial charge in [0, 0.05) is 5.69 Å². The molecule has 0 radical (unpaired) electrons. The lowest BCUT2D eigenvalue weighted by Gasteiger charge is -2.36. The van der Waals surface area contributed by atoms with Crippen LogP contribution >= 0.6 is 0 Å². The summed E-state index contributed by atoms with van der Waals surface area (Å²) in [6.45, 7) is 2.37. The second-order valence-electron chi connectivity index (χ2n) is 6.91. The SMILES string of the molecule is C[C@H]1CN(C(=O)Nc2cccc(C(F)(F)F)c2)C2(CCCCCC2)O1. The van der Waals surface area contributed by atoms with E-state index in [0.717, 1.165) is 50.7 Å². The van der Waals surface area contributed by atoms with E-state index >= 15 is 0 Å². The summed E-state index contributed by atoms with van der Waals surface area (Å²) in [4.78, 5) is 14.4. The van der Waals surface area contributed by atoms with Gasteiger partial charge < -0.3 is 10.1 Å². The van der Waals surface area contributed by atoms with Crippen molar-refractivity contribution >= 4 is 11.7 Å². The van der Waals surface area contributed by atoms with Crippen LogP contribution in [0.2, 0.25) is 0 Å². The van der Waals surface area contributed by atoms with E-state index in [9.17, 15) is 18.0 Å². The highest BCUT2D eigenvalue weighted by atomic mass is 19.4. The second kappa shape index (κ2) is 6.86. The lowest BCUT2D eigenvalue weighted by Crippen LogP contribution is -2.49. The fourth-order valence-electron chi connectivity index (χ4n) is 3.80. The van der Waals surface area contributed by atoms with E-state index in [-0.39, 0.29) is 11.8 Å². The van der Waals surface area contributed by atoms with E-state index < -0.39 is 23.5 Å². The minimum Gasteiger partial charge on any atom is -0.351 e. The molecule has 1 spiro atoms. The lowest BCUT2D eigenvalue weighted by atomic mass is 10.0. The highest BCUT2D eigenvalue weighted by Gasteiger charge is 2.47. The fraction of sp³-hybridized carbons (Fsp3) is 0.611. The number of ether oxygens (including phenoxy) is 1. The Balaban J connectivity index is 1.78. The van der Waals surface area contributed by atoms with Crippen LogP contribution < -0.4 is 5.32 Å². The summed E-state index contributed by atoms with van der Waals surface area (Å²) < 4.78 is 44.6. The van der Waals surface area contributed by atoms with Crippen molar-refractivity contribution in [3.05, 3.63) is 29.8 Å². The Morgan fingerprint density at radius 1 is 1.24 bits per heavy atom. The molecule has 1 aromatic rings. The van der Waals surface area contributed by atoms with E-state index in [1.54, 1.807) is 4.90 Å². The number of nitrogens with one attached hydrogen (secondary N) is 1. The van der Waals surface area contributed by atoms with Crippen LogP contribution in [0.25, 0.3) is 0 Å². The van der Waals surface area contributed by atoms with Gasteiger partial charge in [0.1, 0.15) is 5.72 Å². The average Bonchev–Trinajstić information content (AvgIpc) is 2.70. The third-order valence-corrected chi connectivity index (χ3v) is 4.92. The molecule has 0 bridgehead atoms. The number of anilines is 1. The number of amides is 2. The zero-order chi connectivity index (χ0) is 18.1. The first-order valence-electron chi connectivity index (χ1n) is 8.74. The number of rotatable bonds is 1. The molecular formula is C18H23F3N2O2. The average molecular weight is 356 g/mol. The first-order valence-corrected chi connectivity index (χ1v) is 8.74. The van der Waals surface area contributed by atoms with Crippen LogP contribution in [-0.2, 0) is 10.9 Å². The molecule has 1 saturated heterocycles. The molecular weight excluding hydrogens is 333 g/mol. The normalized spacial score (nSPS) is 23.5. The van der Waals surface area contributed by atoms with Crippen molar-refractivity contribution in [3.8, 4) is 0 Å². The van der Waals surface area contributed by atoms with Crippen molar-refractivity contribution in [1.29, 1.82) is 0 Å². The zero-order valence-corrected chi connectivity index (χ0v) is 14.2. The van der Waals surface area contributed by atoms with Crippen LogP contribution in [0.15, 0.2) is 24.3 Å². The van der Waals surface area contributed by atoms with Crippen molar-refractivity contribution in [1.82, 2.24) is 4.90 Å². The number of hydrogen-bond acceptors (Lipinski definition) is 2. The first kappa shape index (κ1) is 18.0. The molecule has 1 heterocycles. The largest absolute Gasteiger partial charge is 0.416 e. The molecule has 1 aliphatic carbocycles. The number of halogens is 3. The number of carbonyl (C=O) groups is 1. The molecule has 3 rings (SSSR count). The van der Waals surface area contributed by atoms with Crippen molar-refractivity contribution < 1.29 is 22.7 Å². The Bertz CT molecular complexity index is 625. The van der Waals surface area contributed by atoms with Gasteiger partial charge in [0.15, 0.2) is 0 Å². The van der Waals surface area contributed by atoms with Gasteiger partial charge in [-0.05, 0) is 50.8 Å². The predicted molar refractivity (Wildman–Crippen MR) is 88.1 cm³/mol. The van der Waals surface area contributed by atoms with Crippen LogP contribution in [0, 0.1) is 0 Å². The molecule has 4 nitrogen and oxygen atoms in total. The van der Waals surface area contributed by atoms with Crippen LogP contribution in [-0.4, -0.2) is 29.3 Å². The van der Waals surface area contributed by atoms with Gasteiger partial charge in [0.2, 0.25) is 0 Å². The highest BCUT2D eigenvalue weighted by Crippen LogP contribution is 2.39. The van der Waals surface area contributed by atoms with Crippen molar-refractivity contribution in [2.24, 2.45) is 0 Å². The molecule has 2 fully saturated rings. The van der Waals surface area contributed by atoms with Gasteiger partial charge in [-0.25, -0.2) is 4.79 Å². The van der Waals surface area contributed by atoms with Crippen molar-refractivity contribution in [2.75, 3.05) is 11.9 Å². The molecule has 1 N–H and O–H groups in total. The predicted octanol–water partition coefficient (Wildman–Crippen LogP) is 5.01. The quantitative estimate of drug-likeness (QED) is 0.769. The van der Waals surface area contributed by atoms with Crippen molar-refractivity contribution in [3.63, 3.8) is 0 Å². The third kappa shape index (κ3) is 3.92. The van der Waals surface area contributed by atoms with Gasteiger partial charge in [0.05, 0.1) is 18.2 Å². The smallest absolute Gasteiger partial charge is 0.351 e. The molecule has 25 heavy (non-hydrogen) atoms. The summed E-state index contributed by atoms with van der Waals surface area (Å²) in [7, 11) is 0. The zero-order valence-electron chi connectivity index (χ0n) is 14.2. The molecule has 0 unspecified atom stereocenters. The minimum absolute atomic E-state index is 0.0784. The molecule has 1 saturated carbocycles. The molecule has 0 aromatic heterocycles. The molecule has 7 heteroatoms. The molecule has 2 amide bonds. The van der Waals surface area contributed by atoms with Crippen LogP contribution in [0.1, 0.15) is 51.0 Å². The number of urea groups is 1. The number of carbonyl (C=O) groups excluding carboxylic acids is 1. The van der Waals surface area contributed by atoms with Crippen molar-refractivity contribution in [2.45, 2.75) is 63.5 Å². The summed E-state index contributed by atoms with van der Waals surface area (Å²) in [5.74, 6) is 0. The number of hydrogen-bond donors (Lipinski definition) is 1. The molecule has 1 aromatic carbocycles. The Labute approximate surface area is 145 Å². The standard InChI is InChI=1S/C18H23F3N2O2/c1-13-12-23(17(25-13)9-4-2-3-5-10-17)16(24)22-15-8-6-7-14(11-15)18(19,20)21/h6-8,11,13H,2-5,9-10,12H2,1H3,(H,22,24)/t13-/m0/s1. The summed E-state index contributed by atoms with van der Waals surface area (Å²) in [6, 6.07) is 4.31. The summed E-state index contributed by atoms with van der Waals surface area (Å²) in [6.07, 6.45) is 1.23. The molecule has 2 aliphatic rings. The van der Waals surface area contributed by atoms with Crippen LogP contribution in [0.4, 0.5) is 23.7 Å². The van der Waals surface area contributed by atoms with E-state index in [0.29, 0.717) is 6.54 Å². The molecule has 1 aliphatic heterocycles. The summed E-state index contributed by atoms with van der Waals surface area (Å²) >= 11 is 0. The fourth-order valence-corrected chi connectivity index (χ4v) is 3.80. The second-order valence-corrected chi connectivity index (χ2v) is 6.91. The number of alkyl halides is 3. The van der Waals surface area contributed by atoms with E-state index in [4.69, 9.17) is 4.74 Å². The Hall–Kier alpha value is -1.76. The van der Waals surface area contributed by atoms with Crippen LogP contribution in [0.5, 0.6) is 0 Å². The van der Waals surface area contributed by atoms with E-state index in [1.165, 1.54) is 12.1 Å². The summed E-state index contributed by atoms with van der Waals surface area (Å²) in [5.41, 5.74) is -1.26. The maximum absolute atomic E-state index is 12.8. The maximum atomic E-state index is 12.8. The number of nitrogens with zero attached hydrogens (tertiary/aromatic N) is 1. The maximum Gasteiger partial charge on any atom is 0.416 e. The van der Waals surface area contributed by atoms with Gasteiger partial charge in [-0.1, -0.05) is 18.9 Å².